The normalized spacial score (nSPS) is 22.5. The third-order valence-electron chi connectivity index (χ3n) is 6.04. The van der Waals surface area contributed by atoms with Crippen LogP contribution in [-0.2, 0) is 20.9 Å². The van der Waals surface area contributed by atoms with Gasteiger partial charge in [0.1, 0.15) is 6.17 Å². The van der Waals surface area contributed by atoms with Crippen LogP contribution in [0.5, 0.6) is 0 Å². The van der Waals surface area contributed by atoms with Gasteiger partial charge in [-0.05, 0) is 17.7 Å². The number of nitrogens with zero attached hydrogens (tertiary/aromatic N) is 4. The summed E-state index contributed by atoms with van der Waals surface area (Å²) in [5, 5.41) is 9.93. The maximum atomic E-state index is 12.9. The molecule has 10 nitrogen and oxygen atoms in total. The first-order valence-corrected chi connectivity index (χ1v) is 10.9. The van der Waals surface area contributed by atoms with Crippen molar-refractivity contribution >= 4 is 35.4 Å². The van der Waals surface area contributed by atoms with Crippen LogP contribution in [0.15, 0.2) is 18.2 Å². The minimum absolute atomic E-state index is 0.104. The summed E-state index contributed by atoms with van der Waals surface area (Å²) in [5.74, 6) is -0.849. The zero-order valence-corrected chi connectivity index (χ0v) is 18.3. The number of morpholine rings is 1. The summed E-state index contributed by atoms with van der Waals surface area (Å²) >= 11 is 6.30. The van der Waals surface area contributed by atoms with Gasteiger partial charge in [-0.2, -0.15) is 0 Å². The predicted molar refractivity (Wildman–Crippen MR) is 113 cm³/mol. The van der Waals surface area contributed by atoms with Crippen LogP contribution in [0.4, 0.5) is 4.79 Å². The van der Waals surface area contributed by atoms with Gasteiger partial charge in [0.05, 0.1) is 23.8 Å². The van der Waals surface area contributed by atoms with Gasteiger partial charge in [-0.1, -0.05) is 17.7 Å². The average molecular weight is 465 g/mol. The zero-order chi connectivity index (χ0) is 22.8. The molecule has 4 amide bonds. The van der Waals surface area contributed by atoms with Crippen molar-refractivity contribution in [1.82, 2.24) is 19.6 Å². The van der Waals surface area contributed by atoms with Crippen LogP contribution in [0.3, 0.4) is 0 Å². The second-order valence-electron chi connectivity index (χ2n) is 8.07. The Bertz CT molecular complexity index is 919. The van der Waals surface area contributed by atoms with Gasteiger partial charge in [0, 0.05) is 52.1 Å². The van der Waals surface area contributed by atoms with Gasteiger partial charge in [-0.25, -0.2) is 4.79 Å². The molecule has 1 aromatic rings. The third kappa shape index (κ3) is 4.57. The van der Waals surface area contributed by atoms with Crippen molar-refractivity contribution in [3.8, 4) is 0 Å². The number of benzene rings is 1. The highest BCUT2D eigenvalue weighted by Crippen LogP contribution is 2.25. The molecule has 3 saturated heterocycles. The number of imide groups is 1. The van der Waals surface area contributed by atoms with Crippen LogP contribution in [0.1, 0.15) is 28.8 Å². The van der Waals surface area contributed by atoms with Crippen LogP contribution in [0, 0.1) is 0 Å². The van der Waals surface area contributed by atoms with Gasteiger partial charge >= 0.3 is 6.09 Å². The van der Waals surface area contributed by atoms with Crippen LogP contribution in [-0.4, -0.2) is 101 Å². The van der Waals surface area contributed by atoms with E-state index in [-0.39, 0.29) is 43.7 Å². The van der Waals surface area contributed by atoms with Crippen molar-refractivity contribution in [3.05, 3.63) is 34.3 Å². The van der Waals surface area contributed by atoms with Gasteiger partial charge in [0.2, 0.25) is 11.8 Å². The Hall–Kier alpha value is -2.69. The fourth-order valence-corrected chi connectivity index (χ4v) is 4.56. The first-order valence-electron chi connectivity index (χ1n) is 10.6. The van der Waals surface area contributed by atoms with E-state index < -0.39 is 12.3 Å². The van der Waals surface area contributed by atoms with Crippen LogP contribution < -0.4 is 0 Å². The van der Waals surface area contributed by atoms with E-state index in [9.17, 15) is 24.3 Å². The summed E-state index contributed by atoms with van der Waals surface area (Å²) in [5.41, 5.74) is 1.25. The molecule has 1 atom stereocenters. The molecular weight excluding hydrogens is 440 g/mol. The maximum absolute atomic E-state index is 12.9. The Kier molecular flexibility index (Phi) is 6.63. The third-order valence-corrected chi connectivity index (χ3v) is 6.37. The summed E-state index contributed by atoms with van der Waals surface area (Å²) in [6.07, 6.45) is -1.81. The molecule has 0 aliphatic carbocycles. The van der Waals surface area contributed by atoms with Crippen molar-refractivity contribution in [3.63, 3.8) is 0 Å². The SMILES string of the molecule is O=C(c1cc(CN2CCN(C(=O)O)C(N3C(=O)CCC3=O)C2)ccc1Cl)N1CCOCC1. The molecule has 0 saturated carbocycles. The molecule has 11 heteroatoms. The van der Waals surface area contributed by atoms with E-state index >= 15 is 0 Å². The standard InChI is InChI=1S/C21H25ClN4O6/c22-16-2-1-14(11-15(16)20(29)24-7-9-32-10-8-24)12-23-5-6-25(21(30)31)17(13-23)26-18(27)3-4-19(26)28/h1-2,11,17H,3-10,12-13H2,(H,30,31). The lowest BCUT2D eigenvalue weighted by molar-refractivity contribution is -0.147. The molecule has 0 radical (unpaired) electrons. The smallest absolute Gasteiger partial charge is 0.409 e. The lowest BCUT2D eigenvalue weighted by Gasteiger charge is -2.43. The molecule has 172 valence electrons. The number of carboxylic acid groups (broad SMARTS) is 1. The van der Waals surface area contributed by atoms with Crippen LogP contribution >= 0.6 is 11.6 Å². The van der Waals surface area contributed by atoms with E-state index in [4.69, 9.17) is 16.3 Å². The molecule has 0 aromatic heterocycles. The molecule has 3 heterocycles. The summed E-state index contributed by atoms with van der Waals surface area (Å²) in [6.45, 7) is 3.25. The molecule has 1 unspecified atom stereocenters. The first kappa shape index (κ1) is 22.5. The molecule has 3 fully saturated rings. The number of carbonyl (C=O) groups is 4. The molecule has 1 N–H and O–H groups in total. The second-order valence-corrected chi connectivity index (χ2v) is 8.48. The number of halogens is 1. The van der Waals surface area contributed by atoms with E-state index in [1.165, 1.54) is 0 Å². The van der Waals surface area contributed by atoms with E-state index in [2.05, 4.69) is 0 Å². The van der Waals surface area contributed by atoms with Crippen molar-refractivity contribution in [1.29, 1.82) is 0 Å². The largest absolute Gasteiger partial charge is 0.465 e. The molecular formula is C21H25ClN4O6. The topological polar surface area (TPSA) is 111 Å². The number of hydrogen-bond acceptors (Lipinski definition) is 6. The number of piperazine rings is 1. The minimum atomic E-state index is -1.16. The van der Waals surface area contributed by atoms with Gasteiger partial charge < -0.3 is 14.7 Å². The molecule has 0 bridgehead atoms. The lowest BCUT2D eigenvalue weighted by Crippen LogP contribution is -2.62. The number of carbonyl (C=O) groups excluding carboxylic acids is 3. The monoisotopic (exact) mass is 464 g/mol. The molecule has 3 aliphatic heterocycles. The summed E-state index contributed by atoms with van der Waals surface area (Å²) in [7, 11) is 0. The van der Waals surface area contributed by atoms with Crippen molar-refractivity contribution < 1.29 is 29.0 Å². The molecule has 0 spiro atoms. The second kappa shape index (κ2) is 9.43. The Morgan fingerprint density at radius 2 is 1.75 bits per heavy atom. The van der Waals surface area contributed by atoms with E-state index in [1.807, 2.05) is 11.0 Å². The Labute approximate surface area is 190 Å². The van der Waals surface area contributed by atoms with E-state index in [0.29, 0.717) is 50.0 Å². The zero-order valence-electron chi connectivity index (χ0n) is 17.5. The maximum Gasteiger partial charge on any atom is 0.409 e. The number of ether oxygens (including phenoxy) is 1. The number of likely N-dealkylation sites (tertiary alicyclic amines) is 1. The summed E-state index contributed by atoms with van der Waals surface area (Å²) in [6, 6.07) is 5.26. The summed E-state index contributed by atoms with van der Waals surface area (Å²) in [4.78, 5) is 55.0. The van der Waals surface area contributed by atoms with Gasteiger partial charge in [0.15, 0.2) is 0 Å². The fraction of sp³-hybridized carbons (Fsp3) is 0.524. The average Bonchev–Trinajstić information content (AvgIpc) is 3.12. The van der Waals surface area contributed by atoms with Gasteiger partial charge in [-0.15, -0.1) is 0 Å². The van der Waals surface area contributed by atoms with Crippen molar-refractivity contribution in [2.24, 2.45) is 0 Å². The van der Waals surface area contributed by atoms with Crippen molar-refractivity contribution in [2.45, 2.75) is 25.6 Å². The number of hydrogen-bond donors (Lipinski definition) is 1. The van der Waals surface area contributed by atoms with E-state index in [0.717, 1.165) is 15.4 Å². The first-order chi connectivity index (χ1) is 15.3. The van der Waals surface area contributed by atoms with Gasteiger partial charge in [-0.3, -0.25) is 29.1 Å². The summed E-state index contributed by atoms with van der Waals surface area (Å²) < 4.78 is 5.30. The predicted octanol–water partition coefficient (Wildman–Crippen LogP) is 1.08. The highest BCUT2D eigenvalue weighted by atomic mass is 35.5. The molecule has 32 heavy (non-hydrogen) atoms. The van der Waals surface area contributed by atoms with E-state index in [1.54, 1.807) is 17.0 Å². The molecule has 3 aliphatic rings. The lowest BCUT2D eigenvalue weighted by atomic mass is 10.1. The fourth-order valence-electron chi connectivity index (χ4n) is 4.36. The van der Waals surface area contributed by atoms with Crippen LogP contribution in [0.2, 0.25) is 5.02 Å². The Morgan fingerprint density at radius 1 is 1.06 bits per heavy atom. The van der Waals surface area contributed by atoms with Crippen LogP contribution in [0.25, 0.3) is 0 Å². The molecule has 4 rings (SSSR count). The number of amides is 4. The van der Waals surface area contributed by atoms with Crippen molar-refractivity contribution in [2.75, 3.05) is 45.9 Å². The minimum Gasteiger partial charge on any atom is -0.465 e. The quantitative estimate of drug-likeness (QED) is 0.664. The molecule has 1 aromatic carbocycles. The Morgan fingerprint density at radius 3 is 2.41 bits per heavy atom. The Balaban J connectivity index is 1.50. The highest BCUT2D eigenvalue weighted by Gasteiger charge is 2.42. The van der Waals surface area contributed by atoms with Gasteiger partial charge in [0.25, 0.3) is 5.91 Å². The highest BCUT2D eigenvalue weighted by molar-refractivity contribution is 6.33. The number of rotatable bonds is 4.